The molecule has 0 aliphatic rings. The van der Waals surface area contributed by atoms with Gasteiger partial charge in [0, 0.05) is 11.8 Å². The first-order valence-electron chi connectivity index (χ1n) is 5.98. The lowest BCUT2D eigenvalue weighted by Gasteiger charge is -2.16. The molecule has 1 aromatic carbocycles. The van der Waals surface area contributed by atoms with Crippen LogP contribution in [0.15, 0.2) is 18.3 Å². The van der Waals surface area contributed by atoms with Crippen LogP contribution in [0.1, 0.15) is 17.2 Å². The second-order valence-corrected chi connectivity index (χ2v) is 4.25. The van der Waals surface area contributed by atoms with Crippen molar-refractivity contribution in [2.45, 2.75) is 6.10 Å². The van der Waals surface area contributed by atoms with Crippen LogP contribution in [0.4, 0.5) is 11.8 Å². The van der Waals surface area contributed by atoms with E-state index in [0.717, 1.165) is 0 Å². The number of aliphatic hydroxyl groups excluding tert-OH is 1. The van der Waals surface area contributed by atoms with E-state index in [1.807, 2.05) is 0 Å². The summed E-state index contributed by atoms with van der Waals surface area (Å²) in [6.07, 6.45) is 0.225. The minimum Gasteiger partial charge on any atom is -0.502 e. The lowest BCUT2D eigenvalue weighted by molar-refractivity contribution is 0.218. The average molecular weight is 292 g/mol. The number of hydrogen-bond acceptors (Lipinski definition) is 8. The number of rotatable bonds is 4. The van der Waals surface area contributed by atoms with Gasteiger partial charge in [-0.05, 0) is 17.7 Å². The summed E-state index contributed by atoms with van der Waals surface area (Å²) in [5, 5.41) is 20.3. The first kappa shape index (κ1) is 14.7. The maximum atomic E-state index is 10.4. The molecule has 0 aliphatic heterocycles. The number of phenols is 1. The molecule has 1 heterocycles. The molecule has 0 saturated carbocycles. The minimum absolute atomic E-state index is 0.0179. The Balaban J connectivity index is 2.50. The summed E-state index contributed by atoms with van der Waals surface area (Å²) >= 11 is 0. The van der Waals surface area contributed by atoms with Gasteiger partial charge < -0.3 is 31.2 Å². The molecule has 0 radical (unpaired) electrons. The Morgan fingerprint density at radius 1 is 1.14 bits per heavy atom. The Bertz CT molecular complexity index is 638. The molecule has 0 amide bonds. The summed E-state index contributed by atoms with van der Waals surface area (Å²) in [5.41, 5.74) is 11.8. The number of benzene rings is 1. The van der Waals surface area contributed by atoms with Crippen molar-refractivity contribution in [1.82, 2.24) is 9.97 Å². The number of anilines is 2. The Hall–Kier alpha value is -2.74. The number of nitrogen functional groups attached to an aromatic ring is 2. The van der Waals surface area contributed by atoms with E-state index in [-0.39, 0.29) is 29.0 Å². The zero-order valence-corrected chi connectivity index (χ0v) is 11.6. The maximum Gasteiger partial charge on any atom is 0.221 e. The first-order chi connectivity index (χ1) is 9.97. The van der Waals surface area contributed by atoms with Gasteiger partial charge in [0.05, 0.1) is 14.2 Å². The Labute approximate surface area is 121 Å². The van der Waals surface area contributed by atoms with Crippen LogP contribution in [0.5, 0.6) is 17.2 Å². The summed E-state index contributed by atoms with van der Waals surface area (Å²) in [6.45, 7) is 0. The number of ether oxygens (including phenoxy) is 2. The van der Waals surface area contributed by atoms with Gasteiger partial charge in [-0.3, -0.25) is 0 Å². The normalized spacial score (nSPS) is 12.0. The molecule has 0 saturated heterocycles. The highest BCUT2D eigenvalue weighted by molar-refractivity contribution is 5.55. The van der Waals surface area contributed by atoms with Gasteiger partial charge in [-0.15, -0.1) is 0 Å². The van der Waals surface area contributed by atoms with Crippen molar-refractivity contribution in [3.8, 4) is 17.2 Å². The predicted molar refractivity (Wildman–Crippen MR) is 76.1 cm³/mol. The molecule has 6 N–H and O–H groups in total. The second kappa shape index (κ2) is 5.71. The van der Waals surface area contributed by atoms with Crippen molar-refractivity contribution in [1.29, 1.82) is 0 Å². The van der Waals surface area contributed by atoms with Crippen molar-refractivity contribution < 1.29 is 19.7 Å². The monoisotopic (exact) mass is 292 g/mol. The van der Waals surface area contributed by atoms with Gasteiger partial charge in [0.25, 0.3) is 0 Å². The number of nitrogens with two attached hydrogens (primary N) is 2. The third kappa shape index (κ3) is 2.75. The van der Waals surface area contributed by atoms with Gasteiger partial charge in [-0.2, -0.15) is 4.98 Å². The van der Waals surface area contributed by atoms with Crippen LogP contribution >= 0.6 is 0 Å². The lowest BCUT2D eigenvalue weighted by atomic mass is 10.0. The van der Waals surface area contributed by atoms with E-state index in [1.54, 1.807) is 0 Å². The molecule has 0 spiro atoms. The molecule has 0 aliphatic carbocycles. The number of aliphatic hydroxyl groups is 1. The molecule has 0 fully saturated rings. The first-order valence-corrected chi connectivity index (χ1v) is 5.98. The molecule has 2 aromatic rings. The van der Waals surface area contributed by atoms with Crippen LogP contribution < -0.4 is 20.9 Å². The van der Waals surface area contributed by atoms with E-state index >= 15 is 0 Å². The smallest absolute Gasteiger partial charge is 0.221 e. The van der Waals surface area contributed by atoms with Crippen molar-refractivity contribution in [3.63, 3.8) is 0 Å². The standard InChI is InChI=1S/C13H16N4O4/c1-20-8-3-6(4-9(21-2)11(8)19)10(18)7-5-16-13(15)17-12(7)14/h3-5,10,18-19H,1-2H3,(H4,14,15,16,17). The number of nitrogens with zero attached hydrogens (tertiary/aromatic N) is 2. The van der Waals surface area contributed by atoms with Gasteiger partial charge in [-0.1, -0.05) is 0 Å². The molecular formula is C13H16N4O4. The molecule has 0 bridgehead atoms. The minimum atomic E-state index is -1.12. The largest absolute Gasteiger partial charge is 0.502 e. The predicted octanol–water partition coefficient (Wildman–Crippen LogP) is 0.445. The molecular weight excluding hydrogens is 276 g/mol. The van der Waals surface area contributed by atoms with Gasteiger partial charge in [-0.25, -0.2) is 4.98 Å². The van der Waals surface area contributed by atoms with Gasteiger partial charge >= 0.3 is 0 Å². The van der Waals surface area contributed by atoms with E-state index < -0.39 is 6.10 Å². The summed E-state index contributed by atoms with van der Waals surface area (Å²) in [6, 6.07) is 2.94. The quantitative estimate of drug-likeness (QED) is 0.637. The fraction of sp³-hybridized carbons (Fsp3) is 0.231. The number of aromatic hydroxyl groups is 1. The van der Waals surface area contributed by atoms with Crippen molar-refractivity contribution in [2.75, 3.05) is 25.7 Å². The summed E-state index contributed by atoms with van der Waals surface area (Å²) in [7, 11) is 2.79. The van der Waals surface area contributed by atoms with E-state index in [4.69, 9.17) is 20.9 Å². The summed E-state index contributed by atoms with van der Waals surface area (Å²) in [5.74, 6) is 0.263. The third-order valence-electron chi connectivity index (χ3n) is 2.98. The highest BCUT2D eigenvalue weighted by Gasteiger charge is 2.20. The van der Waals surface area contributed by atoms with Crippen LogP contribution in [0, 0.1) is 0 Å². The topological polar surface area (TPSA) is 137 Å². The SMILES string of the molecule is COc1cc(C(O)c2cnc(N)nc2N)cc(OC)c1O. The number of phenolic OH excluding ortho intramolecular Hbond substituents is 1. The Morgan fingerprint density at radius 3 is 2.19 bits per heavy atom. The fourth-order valence-corrected chi connectivity index (χ4v) is 1.88. The van der Waals surface area contributed by atoms with Crippen molar-refractivity contribution in [2.24, 2.45) is 0 Å². The molecule has 112 valence electrons. The van der Waals surface area contributed by atoms with Crippen LogP contribution in [-0.4, -0.2) is 34.4 Å². The summed E-state index contributed by atoms with van der Waals surface area (Å²) < 4.78 is 10.1. The van der Waals surface area contributed by atoms with E-state index in [1.165, 1.54) is 32.5 Å². The van der Waals surface area contributed by atoms with E-state index in [2.05, 4.69) is 9.97 Å². The lowest BCUT2D eigenvalue weighted by Crippen LogP contribution is -2.09. The molecule has 1 unspecified atom stereocenters. The molecule has 8 nitrogen and oxygen atoms in total. The number of hydrogen-bond donors (Lipinski definition) is 4. The van der Waals surface area contributed by atoms with Crippen molar-refractivity contribution >= 4 is 11.8 Å². The Kier molecular flexibility index (Phi) is 3.99. The number of methoxy groups -OCH3 is 2. The molecule has 1 aromatic heterocycles. The van der Waals surface area contributed by atoms with Crippen LogP contribution in [-0.2, 0) is 0 Å². The Morgan fingerprint density at radius 2 is 1.71 bits per heavy atom. The molecule has 21 heavy (non-hydrogen) atoms. The third-order valence-corrected chi connectivity index (χ3v) is 2.98. The molecule has 8 heteroatoms. The van der Waals surface area contributed by atoms with Crippen LogP contribution in [0.3, 0.4) is 0 Å². The maximum absolute atomic E-state index is 10.4. The second-order valence-electron chi connectivity index (χ2n) is 4.25. The van der Waals surface area contributed by atoms with Crippen LogP contribution in [0.25, 0.3) is 0 Å². The highest BCUT2D eigenvalue weighted by atomic mass is 16.5. The van der Waals surface area contributed by atoms with Crippen LogP contribution in [0.2, 0.25) is 0 Å². The van der Waals surface area contributed by atoms with Gasteiger partial charge in [0.2, 0.25) is 11.7 Å². The van der Waals surface area contributed by atoms with E-state index in [9.17, 15) is 10.2 Å². The van der Waals surface area contributed by atoms with Gasteiger partial charge in [0.1, 0.15) is 11.9 Å². The highest BCUT2D eigenvalue weighted by Crippen LogP contribution is 2.40. The van der Waals surface area contributed by atoms with Crippen molar-refractivity contribution in [3.05, 3.63) is 29.5 Å². The summed E-state index contributed by atoms with van der Waals surface area (Å²) in [4.78, 5) is 7.60. The zero-order valence-electron chi connectivity index (χ0n) is 11.6. The fourth-order valence-electron chi connectivity index (χ4n) is 1.88. The molecule has 1 atom stereocenters. The zero-order chi connectivity index (χ0) is 15.6. The average Bonchev–Trinajstić information content (AvgIpc) is 2.47. The van der Waals surface area contributed by atoms with Gasteiger partial charge in [0.15, 0.2) is 11.5 Å². The molecule has 2 rings (SSSR count). The van der Waals surface area contributed by atoms with E-state index in [0.29, 0.717) is 11.1 Å². The number of aromatic nitrogens is 2.